The molecular formula is C22H34O6. The van der Waals surface area contributed by atoms with Crippen LogP contribution in [0.25, 0.3) is 0 Å². The number of ether oxygens (including phenoxy) is 4. The van der Waals surface area contributed by atoms with E-state index in [-0.39, 0.29) is 24.1 Å². The molecule has 0 unspecified atom stereocenters. The van der Waals surface area contributed by atoms with Gasteiger partial charge in [-0.3, -0.25) is 9.59 Å². The van der Waals surface area contributed by atoms with Crippen LogP contribution < -0.4 is 9.47 Å². The highest BCUT2D eigenvalue weighted by Crippen LogP contribution is 2.28. The predicted molar refractivity (Wildman–Crippen MR) is 108 cm³/mol. The van der Waals surface area contributed by atoms with E-state index in [9.17, 15) is 9.59 Å². The van der Waals surface area contributed by atoms with Crippen LogP contribution >= 0.6 is 0 Å². The van der Waals surface area contributed by atoms with Crippen LogP contribution in [0.4, 0.5) is 0 Å². The molecule has 0 heterocycles. The average molecular weight is 395 g/mol. The lowest BCUT2D eigenvalue weighted by atomic mass is 9.99. The molecule has 0 saturated heterocycles. The second-order valence-corrected chi connectivity index (χ2v) is 6.92. The summed E-state index contributed by atoms with van der Waals surface area (Å²) in [7, 11) is 3.20. The van der Waals surface area contributed by atoms with Gasteiger partial charge in [0.2, 0.25) is 0 Å². The van der Waals surface area contributed by atoms with Crippen molar-refractivity contribution in [2.75, 3.05) is 14.2 Å². The summed E-state index contributed by atoms with van der Waals surface area (Å²) in [5.74, 6) is 0.713. The van der Waals surface area contributed by atoms with Gasteiger partial charge in [-0.25, -0.2) is 0 Å². The van der Waals surface area contributed by atoms with Gasteiger partial charge in [-0.05, 0) is 43.4 Å². The third-order valence-electron chi connectivity index (χ3n) is 4.52. The number of hydrogen-bond donors (Lipinski definition) is 0. The third kappa shape index (κ3) is 9.11. The quantitative estimate of drug-likeness (QED) is 0.363. The second kappa shape index (κ2) is 13.0. The SMILES string of the molecule is CCCCC[C@H](C[C@@H](CCc1ccc(OC)c(OC)c1)OC(C)=O)OC(C)=O. The van der Waals surface area contributed by atoms with Crippen LogP contribution in [0.1, 0.15) is 64.9 Å². The minimum Gasteiger partial charge on any atom is -0.493 e. The molecule has 0 bridgehead atoms. The Hall–Kier alpha value is -2.24. The molecule has 1 aromatic rings. The van der Waals surface area contributed by atoms with Gasteiger partial charge >= 0.3 is 11.9 Å². The average Bonchev–Trinajstić information content (AvgIpc) is 2.65. The van der Waals surface area contributed by atoms with Gasteiger partial charge in [0.05, 0.1) is 14.2 Å². The smallest absolute Gasteiger partial charge is 0.302 e. The van der Waals surface area contributed by atoms with Crippen molar-refractivity contribution in [2.45, 2.75) is 77.9 Å². The van der Waals surface area contributed by atoms with Gasteiger partial charge in [-0.15, -0.1) is 0 Å². The molecule has 0 N–H and O–H groups in total. The van der Waals surface area contributed by atoms with E-state index in [2.05, 4.69) is 6.92 Å². The molecule has 0 aromatic heterocycles. The summed E-state index contributed by atoms with van der Waals surface area (Å²) in [5, 5.41) is 0. The summed E-state index contributed by atoms with van der Waals surface area (Å²) in [6.07, 6.45) is 5.26. The first-order chi connectivity index (χ1) is 13.4. The van der Waals surface area contributed by atoms with E-state index in [0.717, 1.165) is 31.2 Å². The first kappa shape index (κ1) is 23.8. The van der Waals surface area contributed by atoms with Gasteiger partial charge in [-0.2, -0.15) is 0 Å². The summed E-state index contributed by atoms with van der Waals surface area (Å²) >= 11 is 0. The zero-order valence-corrected chi connectivity index (χ0v) is 17.8. The first-order valence-corrected chi connectivity index (χ1v) is 9.94. The normalized spacial score (nSPS) is 12.8. The minimum atomic E-state index is -0.326. The molecule has 6 nitrogen and oxygen atoms in total. The molecule has 1 rings (SSSR count). The molecule has 0 amide bonds. The van der Waals surface area contributed by atoms with Crippen molar-refractivity contribution in [1.29, 1.82) is 0 Å². The van der Waals surface area contributed by atoms with Crippen LogP contribution in [0.5, 0.6) is 11.5 Å². The lowest BCUT2D eigenvalue weighted by molar-refractivity contribution is -0.153. The fourth-order valence-electron chi connectivity index (χ4n) is 3.20. The maximum absolute atomic E-state index is 11.5. The molecule has 158 valence electrons. The van der Waals surface area contributed by atoms with E-state index < -0.39 is 0 Å². The number of hydrogen-bond acceptors (Lipinski definition) is 6. The molecule has 0 aliphatic heterocycles. The molecule has 2 atom stereocenters. The molecule has 0 fully saturated rings. The van der Waals surface area contributed by atoms with Crippen molar-refractivity contribution in [1.82, 2.24) is 0 Å². The Balaban J connectivity index is 2.77. The number of benzene rings is 1. The minimum absolute atomic E-state index is 0.237. The van der Waals surface area contributed by atoms with Crippen LogP contribution in [0, 0.1) is 0 Å². The Morgan fingerprint density at radius 3 is 2.04 bits per heavy atom. The largest absolute Gasteiger partial charge is 0.493 e. The Kier molecular flexibility index (Phi) is 11.1. The van der Waals surface area contributed by atoms with E-state index in [1.807, 2.05) is 18.2 Å². The molecule has 28 heavy (non-hydrogen) atoms. The fourth-order valence-corrected chi connectivity index (χ4v) is 3.20. The van der Waals surface area contributed by atoms with Crippen LogP contribution in [0.2, 0.25) is 0 Å². The van der Waals surface area contributed by atoms with Gasteiger partial charge in [0, 0.05) is 20.3 Å². The second-order valence-electron chi connectivity index (χ2n) is 6.92. The highest BCUT2D eigenvalue weighted by Gasteiger charge is 2.21. The van der Waals surface area contributed by atoms with Gasteiger partial charge in [0.1, 0.15) is 12.2 Å². The number of rotatable bonds is 13. The molecule has 0 radical (unpaired) electrons. The predicted octanol–water partition coefficient (Wildman–Crippen LogP) is 4.47. The Labute approximate surface area is 168 Å². The van der Waals surface area contributed by atoms with Crippen molar-refractivity contribution in [3.8, 4) is 11.5 Å². The Morgan fingerprint density at radius 1 is 0.893 bits per heavy atom. The Bertz CT molecular complexity index is 613. The molecule has 0 aliphatic rings. The lowest BCUT2D eigenvalue weighted by Crippen LogP contribution is -2.27. The van der Waals surface area contributed by atoms with Gasteiger partial charge in [-0.1, -0.05) is 25.8 Å². The zero-order valence-electron chi connectivity index (χ0n) is 17.8. The van der Waals surface area contributed by atoms with E-state index in [1.165, 1.54) is 13.8 Å². The van der Waals surface area contributed by atoms with Crippen LogP contribution in [-0.4, -0.2) is 38.4 Å². The van der Waals surface area contributed by atoms with Crippen molar-refractivity contribution in [3.63, 3.8) is 0 Å². The molecule has 0 saturated carbocycles. The maximum Gasteiger partial charge on any atom is 0.302 e. The Morgan fingerprint density at radius 2 is 1.50 bits per heavy atom. The van der Waals surface area contributed by atoms with Gasteiger partial charge in [0.25, 0.3) is 0 Å². The zero-order chi connectivity index (χ0) is 20.9. The molecule has 6 heteroatoms. The van der Waals surface area contributed by atoms with E-state index in [1.54, 1.807) is 14.2 Å². The summed E-state index contributed by atoms with van der Waals surface area (Å²) in [4.78, 5) is 23.0. The van der Waals surface area contributed by atoms with Crippen LogP contribution in [0.3, 0.4) is 0 Å². The van der Waals surface area contributed by atoms with E-state index >= 15 is 0 Å². The number of aryl methyl sites for hydroxylation is 1. The standard InChI is InChI=1S/C22H34O6/c1-6-7-8-9-19(27-16(2)23)15-20(28-17(3)24)12-10-18-11-13-21(25-4)22(14-18)26-5/h11,13-14,19-20H,6-10,12,15H2,1-5H3/t19-,20-/m1/s1. The van der Waals surface area contributed by atoms with E-state index in [4.69, 9.17) is 18.9 Å². The number of esters is 2. The number of unbranched alkanes of at least 4 members (excludes halogenated alkanes) is 2. The number of methoxy groups -OCH3 is 2. The summed E-state index contributed by atoms with van der Waals surface area (Å²) in [6, 6.07) is 5.76. The van der Waals surface area contributed by atoms with Crippen molar-refractivity contribution >= 4 is 11.9 Å². The molecule has 0 aliphatic carbocycles. The topological polar surface area (TPSA) is 71.1 Å². The summed E-state index contributed by atoms with van der Waals surface area (Å²) < 4.78 is 21.6. The van der Waals surface area contributed by atoms with Crippen LogP contribution in [-0.2, 0) is 25.5 Å². The number of carbonyl (C=O) groups is 2. The van der Waals surface area contributed by atoms with Gasteiger partial charge < -0.3 is 18.9 Å². The maximum atomic E-state index is 11.5. The molecular weight excluding hydrogens is 360 g/mol. The fraction of sp³-hybridized carbons (Fsp3) is 0.636. The summed E-state index contributed by atoms with van der Waals surface area (Å²) in [5.41, 5.74) is 1.06. The molecule has 0 spiro atoms. The van der Waals surface area contributed by atoms with Crippen molar-refractivity contribution < 1.29 is 28.5 Å². The summed E-state index contributed by atoms with van der Waals surface area (Å²) in [6.45, 7) is 4.95. The first-order valence-electron chi connectivity index (χ1n) is 9.94. The number of carbonyl (C=O) groups excluding carboxylic acids is 2. The van der Waals surface area contributed by atoms with Gasteiger partial charge in [0.15, 0.2) is 11.5 Å². The van der Waals surface area contributed by atoms with Crippen molar-refractivity contribution in [3.05, 3.63) is 23.8 Å². The molecule has 1 aromatic carbocycles. The monoisotopic (exact) mass is 394 g/mol. The lowest BCUT2D eigenvalue weighted by Gasteiger charge is -2.23. The van der Waals surface area contributed by atoms with Crippen molar-refractivity contribution in [2.24, 2.45) is 0 Å². The highest BCUT2D eigenvalue weighted by atomic mass is 16.6. The third-order valence-corrected chi connectivity index (χ3v) is 4.52. The highest BCUT2D eigenvalue weighted by molar-refractivity contribution is 5.66. The van der Waals surface area contributed by atoms with E-state index in [0.29, 0.717) is 30.8 Å². The van der Waals surface area contributed by atoms with Crippen LogP contribution in [0.15, 0.2) is 18.2 Å².